The minimum Gasteiger partial charge on any atom is -0.298 e. The predicted octanol–water partition coefficient (Wildman–Crippen LogP) is 3.84. The summed E-state index contributed by atoms with van der Waals surface area (Å²) in [6.45, 7) is 6.63. The Hall–Kier alpha value is -1.99. The van der Waals surface area contributed by atoms with Crippen molar-refractivity contribution in [2.75, 3.05) is 0 Å². The molecule has 0 atom stereocenters. The Morgan fingerprint density at radius 2 is 2.13 bits per heavy atom. The Morgan fingerprint density at radius 3 is 2.83 bits per heavy atom. The molecule has 3 rings (SSSR count). The fraction of sp³-hybridized carbons (Fsp3) is 0.250. The maximum absolute atomic E-state index is 4.60. The van der Waals surface area contributed by atoms with Crippen LogP contribution in [-0.4, -0.2) is 24.7 Å². The van der Waals surface area contributed by atoms with Crippen LogP contribution in [0, 0.1) is 0 Å². The van der Waals surface area contributed by atoms with E-state index in [4.69, 9.17) is 0 Å². The number of pyridine rings is 1. The van der Waals surface area contributed by atoms with Gasteiger partial charge in [0.25, 0.3) is 0 Å². The van der Waals surface area contributed by atoms with Gasteiger partial charge in [-0.25, -0.2) is 4.98 Å². The van der Waals surface area contributed by atoms with Crippen LogP contribution in [0.4, 0.5) is 0 Å². The molecule has 7 heteroatoms. The Balaban J connectivity index is 1.81. The van der Waals surface area contributed by atoms with E-state index in [1.807, 2.05) is 18.2 Å². The van der Waals surface area contributed by atoms with Gasteiger partial charge in [-0.2, -0.15) is 0 Å². The second kappa shape index (κ2) is 7.52. The van der Waals surface area contributed by atoms with Crippen LogP contribution in [-0.2, 0) is 18.7 Å². The summed E-state index contributed by atoms with van der Waals surface area (Å²) in [6, 6.07) is 3.87. The van der Waals surface area contributed by atoms with Crippen molar-refractivity contribution in [2.45, 2.75) is 30.8 Å². The summed E-state index contributed by atoms with van der Waals surface area (Å²) in [5.41, 5.74) is 2.10. The van der Waals surface area contributed by atoms with Crippen LogP contribution >= 0.6 is 23.1 Å². The molecule has 0 aliphatic carbocycles. The van der Waals surface area contributed by atoms with E-state index in [0.717, 1.165) is 34.4 Å². The monoisotopic (exact) mass is 343 g/mol. The third-order valence-electron chi connectivity index (χ3n) is 3.22. The molecule has 5 nitrogen and oxygen atoms in total. The molecule has 3 aromatic heterocycles. The van der Waals surface area contributed by atoms with Crippen molar-refractivity contribution in [3.63, 3.8) is 0 Å². The van der Waals surface area contributed by atoms with Crippen LogP contribution in [0.25, 0.3) is 11.4 Å². The van der Waals surface area contributed by atoms with Gasteiger partial charge in [0.1, 0.15) is 0 Å². The molecule has 0 fully saturated rings. The zero-order valence-corrected chi connectivity index (χ0v) is 14.5. The molecule has 0 aromatic carbocycles. The van der Waals surface area contributed by atoms with Gasteiger partial charge < -0.3 is 0 Å². The van der Waals surface area contributed by atoms with Crippen molar-refractivity contribution in [1.82, 2.24) is 24.7 Å². The maximum Gasteiger partial charge on any atom is 0.192 e. The first kappa shape index (κ1) is 15.9. The third kappa shape index (κ3) is 3.68. The summed E-state index contributed by atoms with van der Waals surface area (Å²) >= 11 is 3.36. The normalized spacial score (nSPS) is 10.8. The molecule has 0 aliphatic rings. The van der Waals surface area contributed by atoms with Crippen molar-refractivity contribution in [2.24, 2.45) is 0 Å². The van der Waals surface area contributed by atoms with Crippen LogP contribution in [0.3, 0.4) is 0 Å². The summed E-state index contributed by atoms with van der Waals surface area (Å²) in [4.78, 5) is 8.65. The lowest BCUT2D eigenvalue weighted by Crippen LogP contribution is -2.00. The van der Waals surface area contributed by atoms with Crippen LogP contribution in [0.15, 0.2) is 47.7 Å². The molecule has 0 aliphatic heterocycles. The van der Waals surface area contributed by atoms with E-state index < -0.39 is 0 Å². The van der Waals surface area contributed by atoms with Crippen molar-refractivity contribution in [1.29, 1.82) is 0 Å². The SMILES string of the molecule is C=CCn1c(SCc2csc(CC)n2)nnc1-c1ccncc1. The number of nitrogens with zero attached hydrogens (tertiary/aromatic N) is 5. The summed E-state index contributed by atoms with van der Waals surface area (Å²) < 4.78 is 2.07. The minimum absolute atomic E-state index is 0.671. The largest absolute Gasteiger partial charge is 0.298 e. The van der Waals surface area contributed by atoms with Gasteiger partial charge in [0.2, 0.25) is 0 Å². The lowest BCUT2D eigenvalue weighted by molar-refractivity contribution is 0.731. The summed E-state index contributed by atoms with van der Waals surface area (Å²) in [5.74, 6) is 1.63. The Morgan fingerprint density at radius 1 is 1.30 bits per heavy atom. The number of hydrogen-bond donors (Lipinski definition) is 0. The number of hydrogen-bond acceptors (Lipinski definition) is 6. The highest BCUT2D eigenvalue weighted by Crippen LogP contribution is 2.26. The summed E-state index contributed by atoms with van der Waals surface area (Å²) in [5, 5.41) is 12.8. The molecule has 0 radical (unpaired) electrons. The predicted molar refractivity (Wildman–Crippen MR) is 94.5 cm³/mol. The van der Waals surface area contributed by atoms with Crippen molar-refractivity contribution >= 4 is 23.1 Å². The van der Waals surface area contributed by atoms with Crippen LogP contribution in [0.1, 0.15) is 17.6 Å². The molecular formula is C16H17N5S2. The number of rotatable bonds is 7. The number of thioether (sulfide) groups is 1. The number of aryl methyl sites for hydroxylation is 1. The molecule has 0 amide bonds. The quantitative estimate of drug-likeness (QED) is 0.482. The number of allylic oxidation sites excluding steroid dienone is 1. The average Bonchev–Trinajstić information content (AvgIpc) is 3.21. The standard InChI is InChI=1S/C16H17N5S2/c1-3-9-21-15(12-5-7-17-8-6-12)19-20-16(21)23-11-13-10-22-14(4-2)18-13/h3,5-8,10H,1,4,9,11H2,2H3. The number of aromatic nitrogens is 5. The van der Waals surface area contributed by atoms with E-state index in [9.17, 15) is 0 Å². The second-order valence-corrected chi connectivity index (χ2v) is 6.70. The fourth-order valence-electron chi connectivity index (χ4n) is 2.12. The van der Waals surface area contributed by atoms with Crippen LogP contribution in [0.2, 0.25) is 0 Å². The molecule has 0 unspecified atom stereocenters. The molecular weight excluding hydrogens is 326 g/mol. The summed E-state index contributed by atoms with van der Waals surface area (Å²) in [6.07, 6.45) is 6.36. The first-order chi connectivity index (χ1) is 11.3. The molecule has 0 saturated carbocycles. The zero-order valence-electron chi connectivity index (χ0n) is 12.8. The highest BCUT2D eigenvalue weighted by atomic mass is 32.2. The van der Waals surface area contributed by atoms with Crippen molar-refractivity contribution in [3.05, 3.63) is 53.3 Å². The van der Waals surface area contributed by atoms with Gasteiger partial charge in [-0.3, -0.25) is 9.55 Å². The second-order valence-electron chi connectivity index (χ2n) is 4.82. The zero-order chi connectivity index (χ0) is 16.1. The van der Waals surface area contributed by atoms with Gasteiger partial charge in [-0.15, -0.1) is 28.1 Å². The van der Waals surface area contributed by atoms with Gasteiger partial charge in [0.15, 0.2) is 11.0 Å². The van der Waals surface area contributed by atoms with Gasteiger partial charge >= 0.3 is 0 Å². The smallest absolute Gasteiger partial charge is 0.192 e. The topological polar surface area (TPSA) is 56.5 Å². The molecule has 118 valence electrons. The first-order valence-corrected chi connectivity index (χ1v) is 9.19. The lowest BCUT2D eigenvalue weighted by atomic mass is 10.2. The Bertz CT molecular complexity index is 779. The maximum atomic E-state index is 4.60. The molecule has 3 aromatic rings. The van der Waals surface area contributed by atoms with E-state index in [1.54, 1.807) is 35.5 Å². The minimum atomic E-state index is 0.671. The van der Waals surface area contributed by atoms with E-state index in [-0.39, 0.29) is 0 Å². The van der Waals surface area contributed by atoms with E-state index in [0.29, 0.717) is 6.54 Å². The molecule has 0 saturated heterocycles. The van der Waals surface area contributed by atoms with Crippen molar-refractivity contribution < 1.29 is 0 Å². The van der Waals surface area contributed by atoms with E-state index in [1.165, 1.54) is 5.01 Å². The fourth-order valence-corrected chi connectivity index (χ4v) is 3.81. The van der Waals surface area contributed by atoms with E-state index in [2.05, 4.69) is 43.6 Å². The van der Waals surface area contributed by atoms with E-state index >= 15 is 0 Å². The van der Waals surface area contributed by atoms with Crippen LogP contribution in [0.5, 0.6) is 0 Å². The van der Waals surface area contributed by atoms with Gasteiger partial charge in [0, 0.05) is 35.6 Å². The Labute approximate surface area is 143 Å². The van der Waals surface area contributed by atoms with Gasteiger partial charge in [-0.05, 0) is 18.6 Å². The molecule has 23 heavy (non-hydrogen) atoms. The van der Waals surface area contributed by atoms with Crippen molar-refractivity contribution in [3.8, 4) is 11.4 Å². The Kier molecular flexibility index (Phi) is 5.19. The third-order valence-corrected chi connectivity index (χ3v) is 5.26. The lowest BCUT2D eigenvalue weighted by Gasteiger charge is -2.07. The number of thiazole rings is 1. The first-order valence-electron chi connectivity index (χ1n) is 7.32. The molecule has 3 heterocycles. The average molecular weight is 343 g/mol. The highest BCUT2D eigenvalue weighted by Gasteiger charge is 2.14. The van der Waals surface area contributed by atoms with Gasteiger partial charge in [0.05, 0.1) is 10.7 Å². The summed E-state index contributed by atoms with van der Waals surface area (Å²) in [7, 11) is 0. The molecule has 0 spiro atoms. The molecule has 0 bridgehead atoms. The molecule has 0 N–H and O–H groups in total. The van der Waals surface area contributed by atoms with Crippen LogP contribution < -0.4 is 0 Å². The van der Waals surface area contributed by atoms with Gasteiger partial charge in [-0.1, -0.05) is 24.8 Å². The highest BCUT2D eigenvalue weighted by molar-refractivity contribution is 7.98.